The largest absolute Gasteiger partial charge is 0.508 e. The topological polar surface area (TPSA) is 69.1 Å². The van der Waals surface area contributed by atoms with Crippen LogP contribution >= 0.6 is 0 Å². The van der Waals surface area contributed by atoms with Gasteiger partial charge in [-0.1, -0.05) is 24.3 Å². The van der Waals surface area contributed by atoms with Gasteiger partial charge in [0.1, 0.15) is 11.5 Å². The van der Waals surface area contributed by atoms with Crippen molar-refractivity contribution in [3.63, 3.8) is 0 Å². The molecule has 0 amide bonds. The van der Waals surface area contributed by atoms with E-state index in [-0.39, 0.29) is 5.75 Å². The highest BCUT2D eigenvalue weighted by atomic mass is 16.5. The van der Waals surface area contributed by atoms with Gasteiger partial charge in [-0.15, -0.1) is 0 Å². The lowest BCUT2D eigenvalue weighted by atomic mass is 10.0. The molecule has 6 nitrogen and oxygen atoms in total. The molecule has 2 aromatic rings. The van der Waals surface area contributed by atoms with Crippen molar-refractivity contribution in [3.8, 4) is 11.5 Å². The van der Waals surface area contributed by atoms with Crippen LogP contribution in [0.4, 0.5) is 5.69 Å². The van der Waals surface area contributed by atoms with E-state index in [9.17, 15) is 5.11 Å². The Kier molecular flexibility index (Phi) is 7.00. The summed E-state index contributed by atoms with van der Waals surface area (Å²) in [4.78, 5) is 6.77. The van der Waals surface area contributed by atoms with Gasteiger partial charge in [-0.25, -0.2) is 0 Å². The Bertz CT molecular complexity index is 779. The molecule has 0 bridgehead atoms. The van der Waals surface area contributed by atoms with Crippen LogP contribution in [-0.2, 0) is 6.42 Å². The lowest BCUT2D eigenvalue weighted by Gasteiger charge is -2.35. The first-order valence-electron chi connectivity index (χ1n) is 9.82. The Morgan fingerprint density at radius 2 is 2.07 bits per heavy atom. The molecule has 28 heavy (non-hydrogen) atoms. The number of hydrogen-bond donors (Lipinski definition) is 3. The average Bonchev–Trinajstić information content (AvgIpc) is 2.75. The van der Waals surface area contributed by atoms with Gasteiger partial charge in [-0.05, 0) is 43.0 Å². The maximum atomic E-state index is 10.1. The van der Waals surface area contributed by atoms with E-state index < -0.39 is 0 Å². The summed E-state index contributed by atoms with van der Waals surface area (Å²) in [5.74, 6) is 1.72. The van der Waals surface area contributed by atoms with Gasteiger partial charge in [-0.3, -0.25) is 4.99 Å². The minimum atomic E-state index is 0.259. The van der Waals surface area contributed by atoms with Gasteiger partial charge in [-0.2, -0.15) is 0 Å². The molecule has 0 aromatic heterocycles. The first-order valence-corrected chi connectivity index (χ1v) is 9.82. The van der Waals surface area contributed by atoms with Crippen molar-refractivity contribution in [1.29, 1.82) is 0 Å². The van der Waals surface area contributed by atoms with E-state index in [2.05, 4.69) is 50.9 Å². The predicted octanol–water partition coefficient (Wildman–Crippen LogP) is 2.78. The highest BCUT2D eigenvalue weighted by Crippen LogP contribution is 2.23. The van der Waals surface area contributed by atoms with E-state index in [0.717, 1.165) is 37.5 Å². The summed E-state index contributed by atoms with van der Waals surface area (Å²) in [5, 5.41) is 17.0. The van der Waals surface area contributed by atoms with Crippen LogP contribution in [0.2, 0.25) is 0 Å². The molecule has 1 saturated heterocycles. The fraction of sp³-hybridized carbons (Fsp3) is 0.409. The van der Waals surface area contributed by atoms with Crippen molar-refractivity contribution in [2.24, 2.45) is 4.99 Å². The zero-order valence-corrected chi connectivity index (χ0v) is 16.7. The minimum absolute atomic E-state index is 0.259. The number of nitrogens with zero attached hydrogens (tertiary/aromatic N) is 2. The fourth-order valence-electron chi connectivity index (χ4n) is 3.55. The summed E-state index contributed by atoms with van der Waals surface area (Å²) >= 11 is 0. The first kappa shape index (κ1) is 19.9. The number of aromatic hydroxyl groups is 1. The van der Waals surface area contributed by atoms with Crippen LogP contribution in [0.1, 0.15) is 18.4 Å². The van der Waals surface area contributed by atoms with E-state index in [1.165, 1.54) is 5.69 Å². The minimum Gasteiger partial charge on any atom is -0.508 e. The molecular formula is C22H30N4O2. The number of phenolic OH excluding ortho intramolecular Hbond substituents is 1. The molecule has 1 fully saturated rings. The Morgan fingerprint density at radius 3 is 2.79 bits per heavy atom. The number of hydrogen-bond acceptors (Lipinski definition) is 4. The Morgan fingerprint density at radius 1 is 1.25 bits per heavy atom. The molecule has 1 atom stereocenters. The standard InChI is InChI=1S/C22H30N4O2/c1-23-22(24-13-12-17-10-11-20(28-2)15-21(17)27)25-18-7-6-14-26(16-18)19-8-4-3-5-9-19/h3-5,8-11,15,18,27H,6-7,12-14,16H2,1-2H3,(H2,23,24,25). The van der Waals surface area contributed by atoms with Gasteiger partial charge in [0.2, 0.25) is 0 Å². The summed E-state index contributed by atoms with van der Waals surface area (Å²) < 4.78 is 5.13. The molecule has 0 spiro atoms. The summed E-state index contributed by atoms with van der Waals surface area (Å²) in [6, 6.07) is 16.3. The van der Waals surface area contributed by atoms with Gasteiger partial charge in [0.05, 0.1) is 7.11 Å². The highest BCUT2D eigenvalue weighted by Gasteiger charge is 2.20. The van der Waals surface area contributed by atoms with Gasteiger partial charge in [0.25, 0.3) is 0 Å². The second-order valence-electron chi connectivity index (χ2n) is 7.01. The van der Waals surface area contributed by atoms with E-state index in [1.54, 1.807) is 20.2 Å². The summed E-state index contributed by atoms with van der Waals surface area (Å²) in [6.07, 6.45) is 2.99. The van der Waals surface area contributed by atoms with Crippen molar-refractivity contribution < 1.29 is 9.84 Å². The third-order valence-corrected chi connectivity index (χ3v) is 5.09. The summed E-state index contributed by atoms with van der Waals surface area (Å²) in [5.41, 5.74) is 2.16. The number of nitrogens with one attached hydrogen (secondary N) is 2. The van der Waals surface area contributed by atoms with Crippen LogP contribution < -0.4 is 20.3 Å². The normalized spacial score (nSPS) is 17.3. The molecule has 0 saturated carbocycles. The van der Waals surface area contributed by atoms with Crippen molar-refractivity contribution in [3.05, 3.63) is 54.1 Å². The number of rotatable bonds is 6. The van der Waals surface area contributed by atoms with E-state index in [1.807, 2.05) is 12.1 Å². The lowest BCUT2D eigenvalue weighted by molar-refractivity contribution is 0.406. The highest BCUT2D eigenvalue weighted by molar-refractivity contribution is 5.80. The van der Waals surface area contributed by atoms with Gasteiger partial charge >= 0.3 is 0 Å². The molecule has 1 unspecified atom stereocenters. The first-order chi connectivity index (χ1) is 13.7. The quantitative estimate of drug-likeness (QED) is 0.529. The fourth-order valence-corrected chi connectivity index (χ4v) is 3.55. The molecule has 1 aliphatic rings. The third kappa shape index (κ3) is 5.31. The maximum absolute atomic E-state index is 10.1. The molecule has 0 radical (unpaired) electrons. The zero-order chi connectivity index (χ0) is 19.8. The number of piperidine rings is 1. The monoisotopic (exact) mass is 382 g/mol. The molecular weight excluding hydrogens is 352 g/mol. The van der Waals surface area contributed by atoms with Crippen molar-refractivity contribution in [2.75, 3.05) is 38.7 Å². The molecule has 1 aliphatic heterocycles. The number of phenols is 1. The van der Waals surface area contributed by atoms with Crippen LogP contribution in [0.3, 0.4) is 0 Å². The second kappa shape index (κ2) is 9.88. The van der Waals surface area contributed by atoms with Crippen molar-refractivity contribution in [1.82, 2.24) is 10.6 Å². The second-order valence-corrected chi connectivity index (χ2v) is 7.01. The van der Waals surface area contributed by atoms with Crippen LogP contribution in [0.25, 0.3) is 0 Å². The summed E-state index contributed by atoms with van der Waals surface area (Å²) in [6.45, 7) is 2.74. The van der Waals surface area contributed by atoms with Crippen molar-refractivity contribution in [2.45, 2.75) is 25.3 Å². The van der Waals surface area contributed by atoms with E-state index in [4.69, 9.17) is 4.74 Å². The molecule has 2 aromatic carbocycles. The molecule has 3 N–H and O–H groups in total. The molecule has 1 heterocycles. The molecule has 0 aliphatic carbocycles. The zero-order valence-electron chi connectivity index (χ0n) is 16.7. The third-order valence-electron chi connectivity index (χ3n) is 5.09. The van der Waals surface area contributed by atoms with Crippen LogP contribution in [0.15, 0.2) is 53.5 Å². The number of benzene rings is 2. The van der Waals surface area contributed by atoms with Gasteiger partial charge in [0.15, 0.2) is 5.96 Å². The summed E-state index contributed by atoms with van der Waals surface area (Å²) in [7, 11) is 3.38. The number of para-hydroxylation sites is 1. The smallest absolute Gasteiger partial charge is 0.191 e. The van der Waals surface area contributed by atoms with Crippen LogP contribution in [-0.4, -0.2) is 50.9 Å². The SMILES string of the molecule is CN=C(NCCc1ccc(OC)cc1O)NC1CCCN(c2ccccc2)C1. The Hall–Kier alpha value is -2.89. The Balaban J connectivity index is 1.49. The van der Waals surface area contributed by atoms with Crippen LogP contribution in [0, 0.1) is 0 Å². The van der Waals surface area contributed by atoms with E-state index >= 15 is 0 Å². The van der Waals surface area contributed by atoms with Gasteiger partial charge < -0.3 is 25.4 Å². The molecule has 150 valence electrons. The number of anilines is 1. The van der Waals surface area contributed by atoms with Crippen LogP contribution in [0.5, 0.6) is 11.5 Å². The van der Waals surface area contributed by atoms with Crippen molar-refractivity contribution >= 4 is 11.6 Å². The van der Waals surface area contributed by atoms with E-state index in [0.29, 0.717) is 24.8 Å². The lowest BCUT2D eigenvalue weighted by Crippen LogP contribution is -2.51. The predicted molar refractivity (Wildman–Crippen MR) is 115 cm³/mol. The average molecular weight is 383 g/mol. The number of guanidine groups is 1. The molecule has 6 heteroatoms. The van der Waals surface area contributed by atoms with Gasteiger partial charge in [0, 0.05) is 44.5 Å². The Labute approximate surface area is 167 Å². The number of ether oxygens (including phenoxy) is 1. The number of aliphatic imine (C=N–C) groups is 1. The molecule has 3 rings (SSSR count). The number of methoxy groups -OCH3 is 1. The maximum Gasteiger partial charge on any atom is 0.191 e.